The molecule has 0 spiro atoms. The van der Waals surface area contributed by atoms with Crippen LogP contribution in [0.5, 0.6) is 0 Å². The van der Waals surface area contributed by atoms with Gasteiger partial charge in [-0.15, -0.1) is 0 Å². The van der Waals surface area contributed by atoms with Crippen molar-refractivity contribution in [1.82, 2.24) is 4.90 Å². The van der Waals surface area contributed by atoms with Crippen molar-refractivity contribution in [1.29, 1.82) is 0 Å². The first-order valence-electron chi connectivity index (χ1n) is 4.22. The van der Waals surface area contributed by atoms with E-state index in [1.807, 2.05) is 13.8 Å². The number of carboxylic acid groups (broad SMARTS) is 1. The van der Waals surface area contributed by atoms with E-state index in [9.17, 15) is 4.79 Å². The van der Waals surface area contributed by atoms with Crippen molar-refractivity contribution >= 4 is 5.97 Å². The second-order valence-corrected chi connectivity index (χ2v) is 2.41. The van der Waals surface area contributed by atoms with Crippen LogP contribution in [0.2, 0.25) is 0 Å². The van der Waals surface area contributed by atoms with Crippen LogP contribution in [0.15, 0.2) is 0 Å². The van der Waals surface area contributed by atoms with Crippen molar-refractivity contribution in [3.63, 3.8) is 0 Å². The summed E-state index contributed by atoms with van der Waals surface area (Å²) < 4.78 is 4.99. The molecule has 4 nitrogen and oxygen atoms in total. The Morgan fingerprint density at radius 3 is 2.50 bits per heavy atom. The van der Waals surface area contributed by atoms with Crippen molar-refractivity contribution in [3.05, 3.63) is 0 Å². The standard InChI is InChI=1S/C6H11NO3.C2H6/c1-7-2-3-10-4-5(7)6(8)9;1-2/h5H,2-4H2,1H3,(H,8,9);1-2H3/t5-;/m1./s1. The maximum Gasteiger partial charge on any atom is 0.323 e. The van der Waals surface area contributed by atoms with E-state index in [0.717, 1.165) is 0 Å². The first-order valence-corrected chi connectivity index (χ1v) is 4.22. The Balaban J connectivity index is 0.000000561. The smallest absolute Gasteiger partial charge is 0.323 e. The lowest BCUT2D eigenvalue weighted by atomic mass is 10.2. The van der Waals surface area contributed by atoms with Crippen LogP contribution in [-0.4, -0.2) is 48.8 Å². The Morgan fingerprint density at radius 2 is 2.17 bits per heavy atom. The topological polar surface area (TPSA) is 49.8 Å². The molecule has 0 radical (unpaired) electrons. The Morgan fingerprint density at radius 1 is 1.58 bits per heavy atom. The van der Waals surface area contributed by atoms with Gasteiger partial charge < -0.3 is 9.84 Å². The predicted octanol–water partition coefficient (Wildman–Crippen LogP) is 0.428. The summed E-state index contributed by atoms with van der Waals surface area (Å²) in [5, 5.41) is 8.59. The number of nitrogens with zero attached hydrogens (tertiary/aromatic N) is 1. The van der Waals surface area contributed by atoms with Gasteiger partial charge in [-0.2, -0.15) is 0 Å². The number of morpholine rings is 1. The molecular weight excluding hydrogens is 158 g/mol. The lowest BCUT2D eigenvalue weighted by Gasteiger charge is -2.28. The third-order valence-corrected chi connectivity index (χ3v) is 1.68. The number of carbonyl (C=O) groups is 1. The van der Waals surface area contributed by atoms with Crippen LogP contribution < -0.4 is 0 Å². The van der Waals surface area contributed by atoms with Crippen LogP contribution in [0.1, 0.15) is 13.8 Å². The van der Waals surface area contributed by atoms with Crippen LogP contribution in [-0.2, 0) is 9.53 Å². The highest BCUT2D eigenvalue weighted by Gasteiger charge is 2.25. The molecule has 12 heavy (non-hydrogen) atoms. The lowest BCUT2D eigenvalue weighted by molar-refractivity contribution is -0.148. The van der Waals surface area contributed by atoms with E-state index in [-0.39, 0.29) is 0 Å². The molecule has 1 aliphatic rings. The molecule has 4 heteroatoms. The molecule has 1 rings (SSSR count). The maximum absolute atomic E-state index is 10.4. The monoisotopic (exact) mass is 175 g/mol. The van der Waals surface area contributed by atoms with E-state index in [1.165, 1.54) is 0 Å². The van der Waals surface area contributed by atoms with E-state index in [1.54, 1.807) is 11.9 Å². The summed E-state index contributed by atoms with van der Waals surface area (Å²) in [6.07, 6.45) is 0. The molecule has 0 aromatic carbocycles. The van der Waals surface area contributed by atoms with E-state index >= 15 is 0 Å². The summed E-state index contributed by atoms with van der Waals surface area (Å²) in [6.45, 7) is 5.66. The highest BCUT2D eigenvalue weighted by molar-refractivity contribution is 5.73. The molecule has 1 heterocycles. The number of likely N-dealkylation sites (N-methyl/N-ethyl adjacent to an activating group) is 1. The molecule has 0 aliphatic carbocycles. The van der Waals surface area contributed by atoms with Gasteiger partial charge in [0.2, 0.25) is 0 Å². The van der Waals surface area contributed by atoms with Crippen molar-refractivity contribution in [2.24, 2.45) is 0 Å². The number of rotatable bonds is 1. The van der Waals surface area contributed by atoms with Gasteiger partial charge in [0, 0.05) is 6.54 Å². The molecular formula is C8H17NO3. The fraction of sp³-hybridized carbons (Fsp3) is 0.875. The van der Waals surface area contributed by atoms with Crippen LogP contribution in [0.4, 0.5) is 0 Å². The fourth-order valence-electron chi connectivity index (χ4n) is 0.946. The molecule has 0 unspecified atom stereocenters. The van der Waals surface area contributed by atoms with Crippen LogP contribution >= 0.6 is 0 Å². The zero-order valence-electron chi connectivity index (χ0n) is 7.91. The van der Waals surface area contributed by atoms with Gasteiger partial charge >= 0.3 is 5.97 Å². The zero-order valence-corrected chi connectivity index (χ0v) is 7.91. The van der Waals surface area contributed by atoms with Crippen LogP contribution in [0.3, 0.4) is 0 Å². The summed E-state index contributed by atoms with van der Waals surface area (Å²) in [7, 11) is 1.79. The number of ether oxygens (including phenoxy) is 1. The third-order valence-electron chi connectivity index (χ3n) is 1.68. The zero-order chi connectivity index (χ0) is 9.56. The minimum absolute atomic E-state index is 0.311. The SMILES string of the molecule is CC.CN1CCOC[C@@H]1C(=O)O. The van der Waals surface area contributed by atoms with Gasteiger partial charge in [-0.1, -0.05) is 13.8 Å². The van der Waals surface area contributed by atoms with E-state index in [2.05, 4.69) is 0 Å². The molecule has 1 saturated heterocycles. The number of aliphatic carboxylic acids is 1. The van der Waals surface area contributed by atoms with Crippen molar-refractivity contribution in [3.8, 4) is 0 Å². The Labute approximate surface area is 73.1 Å². The van der Waals surface area contributed by atoms with Gasteiger partial charge in [0.05, 0.1) is 13.2 Å². The van der Waals surface area contributed by atoms with Crippen LogP contribution in [0.25, 0.3) is 0 Å². The van der Waals surface area contributed by atoms with Gasteiger partial charge in [0.1, 0.15) is 6.04 Å². The Kier molecular flexibility index (Phi) is 5.66. The van der Waals surface area contributed by atoms with Crippen molar-refractivity contribution in [2.45, 2.75) is 19.9 Å². The Hall–Kier alpha value is -0.610. The first-order chi connectivity index (χ1) is 5.72. The van der Waals surface area contributed by atoms with Crippen LogP contribution in [0, 0.1) is 0 Å². The summed E-state index contributed by atoms with van der Waals surface area (Å²) in [6, 6.07) is -0.450. The predicted molar refractivity (Wildman–Crippen MR) is 46.2 cm³/mol. The van der Waals surface area contributed by atoms with Gasteiger partial charge in [0.25, 0.3) is 0 Å². The van der Waals surface area contributed by atoms with E-state index in [4.69, 9.17) is 9.84 Å². The highest BCUT2D eigenvalue weighted by Crippen LogP contribution is 2.02. The highest BCUT2D eigenvalue weighted by atomic mass is 16.5. The minimum Gasteiger partial charge on any atom is -0.480 e. The largest absolute Gasteiger partial charge is 0.480 e. The quantitative estimate of drug-likeness (QED) is 0.627. The average Bonchev–Trinajstić information content (AvgIpc) is 2.08. The summed E-state index contributed by atoms with van der Waals surface area (Å²) in [5.41, 5.74) is 0. The summed E-state index contributed by atoms with van der Waals surface area (Å²) in [4.78, 5) is 12.2. The molecule has 0 aromatic heterocycles. The molecule has 72 valence electrons. The second kappa shape index (κ2) is 5.97. The van der Waals surface area contributed by atoms with Gasteiger partial charge in [-0.05, 0) is 7.05 Å². The molecule has 1 N–H and O–H groups in total. The summed E-state index contributed by atoms with van der Waals surface area (Å²) >= 11 is 0. The maximum atomic E-state index is 10.4. The normalized spacial score (nSPS) is 24.1. The van der Waals surface area contributed by atoms with E-state index in [0.29, 0.717) is 19.8 Å². The first kappa shape index (κ1) is 11.4. The van der Waals surface area contributed by atoms with Gasteiger partial charge in [-0.3, -0.25) is 9.69 Å². The molecule has 1 fully saturated rings. The number of carboxylic acids is 1. The molecule has 0 saturated carbocycles. The third kappa shape index (κ3) is 3.19. The molecule has 0 aromatic rings. The van der Waals surface area contributed by atoms with Crippen molar-refractivity contribution < 1.29 is 14.6 Å². The lowest BCUT2D eigenvalue weighted by Crippen LogP contribution is -2.47. The van der Waals surface area contributed by atoms with E-state index < -0.39 is 12.0 Å². The number of hydrogen-bond donors (Lipinski definition) is 1. The summed E-state index contributed by atoms with van der Waals surface area (Å²) in [5.74, 6) is -0.804. The van der Waals surface area contributed by atoms with Gasteiger partial charge in [-0.25, -0.2) is 0 Å². The second-order valence-electron chi connectivity index (χ2n) is 2.41. The fourth-order valence-corrected chi connectivity index (χ4v) is 0.946. The average molecular weight is 175 g/mol. The van der Waals surface area contributed by atoms with Gasteiger partial charge in [0.15, 0.2) is 0 Å². The van der Waals surface area contributed by atoms with Crippen molar-refractivity contribution in [2.75, 3.05) is 26.8 Å². The molecule has 0 bridgehead atoms. The Bertz CT molecular complexity index is 138. The minimum atomic E-state index is -0.804. The number of hydrogen-bond acceptors (Lipinski definition) is 3. The molecule has 0 amide bonds. The molecule has 1 atom stereocenters. The molecule has 1 aliphatic heterocycles.